The Morgan fingerprint density at radius 1 is 1.00 bits per heavy atom. The Morgan fingerprint density at radius 2 is 1.72 bits per heavy atom. The highest BCUT2D eigenvalue weighted by Crippen LogP contribution is 2.48. The highest BCUT2D eigenvalue weighted by Gasteiger charge is 2.46. The summed E-state index contributed by atoms with van der Waals surface area (Å²) in [4.78, 5) is 27.6. The molecule has 2 aromatic heterocycles. The third-order valence-electron chi connectivity index (χ3n) is 7.97. The quantitative estimate of drug-likeness (QED) is 0.327. The van der Waals surface area contributed by atoms with Gasteiger partial charge in [-0.15, -0.1) is 0 Å². The summed E-state index contributed by atoms with van der Waals surface area (Å²) in [5, 5.41) is 5.71. The van der Waals surface area contributed by atoms with E-state index < -0.39 is 0 Å². The number of aromatic nitrogens is 4. The van der Waals surface area contributed by atoms with Crippen molar-refractivity contribution in [3.63, 3.8) is 0 Å². The first kappa shape index (κ1) is 25.5. The molecule has 1 amide bonds. The lowest BCUT2D eigenvalue weighted by Crippen LogP contribution is -2.49. The summed E-state index contributed by atoms with van der Waals surface area (Å²) in [6.07, 6.45) is 2.70. The number of hydrogen-bond acceptors (Lipinski definition) is 5. The highest BCUT2D eigenvalue weighted by molar-refractivity contribution is 5.91. The number of halogens is 1. The highest BCUT2D eigenvalue weighted by atomic mass is 19.1. The van der Waals surface area contributed by atoms with Gasteiger partial charge in [-0.1, -0.05) is 44.2 Å². The Kier molecular flexibility index (Phi) is 6.79. The van der Waals surface area contributed by atoms with Gasteiger partial charge in [0.15, 0.2) is 5.65 Å². The van der Waals surface area contributed by atoms with Crippen molar-refractivity contribution in [3.8, 4) is 5.69 Å². The summed E-state index contributed by atoms with van der Waals surface area (Å²) < 4.78 is 15.4. The third kappa shape index (κ3) is 5.12. The zero-order chi connectivity index (χ0) is 27.1. The largest absolute Gasteiger partial charge is 0.352 e. The van der Waals surface area contributed by atoms with E-state index in [-0.39, 0.29) is 17.6 Å². The van der Waals surface area contributed by atoms with E-state index >= 15 is 0 Å². The van der Waals surface area contributed by atoms with E-state index in [9.17, 15) is 9.18 Å². The van der Waals surface area contributed by atoms with Gasteiger partial charge in [0.05, 0.1) is 16.8 Å². The predicted molar refractivity (Wildman–Crippen MR) is 151 cm³/mol. The number of carbonyl (C=O) groups excluding carboxylic acids is 1. The molecule has 2 aromatic carbocycles. The molecule has 202 valence electrons. The van der Waals surface area contributed by atoms with Crippen LogP contribution in [-0.2, 0) is 11.2 Å². The van der Waals surface area contributed by atoms with Crippen molar-refractivity contribution in [2.75, 3.05) is 31.1 Å². The smallest absolute Gasteiger partial charge is 0.226 e. The van der Waals surface area contributed by atoms with Crippen molar-refractivity contribution in [3.05, 3.63) is 77.5 Å². The number of carbonyl (C=O) groups is 1. The number of nitrogens with zero attached hydrogens (tertiary/aromatic N) is 6. The molecule has 2 fully saturated rings. The summed E-state index contributed by atoms with van der Waals surface area (Å²) in [5.41, 5.74) is 3.61. The molecule has 2 aliphatic rings. The van der Waals surface area contributed by atoms with Crippen LogP contribution in [0.1, 0.15) is 49.7 Å². The summed E-state index contributed by atoms with van der Waals surface area (Å²) in [5.74, 6) is 2.64. The van der Waals surface area contributed by atoms with E-state index in [1.54, 1.807) is 16.8 Å². The van der Waals surface area contributed by atoms with Gasteiger partial charge < -0.3 is 9.80 Å². The van der Waals surface area contributed by atoms with Crippen molar-refractivity contribution in [2.45, 2.75) is 46.0 Å². The van der Waals surface area contributed by atoms with E-state index in [2.05, 4.69) is 30.9 Å². The van der Waals surface area contributed by atoms with Crippen LogP contribution >= 0.6 is 0 Å². The van der Waals surface area contributed by atoms with Crippen LogP contribution in [0.25, 0.3) is 16.7 Å². The lowest BCUT2D eigenvalue weighted by molar-refractivity contribution is -0.133. The molecule has 0 bridgehead atoms. The molecule has 39 heavy (non-hydrogen) atoms. The van der Waals surface area contributed by atoms with Gasteiger partial charge in [0.1, 0.15) is 17.5 Å². The van der Waals surface area contributed by atoms with Gasteiger partial charge in [-0.2, -0.15) is 5.10 Å². The topological polar surface area (TPSA) is 67.2 Å². The molecular formula is C31H35FN6O. The second-order valence-corrected chi connectivity index (χ2v) is 11.2. The molecule has 0 unspecified atom stereocenters. The van der Waals surface area contributed by atoms with E-state index in [4.69, 9.17) is 15.1 Å². The van der Waals surface area contributed by atoms with Gasteiger partial charge in [0, 0.05) is 38.5 Å². The third-order valence-corrected chi connectivity index (χ3v) is 7.97. The fourth-order valence-corrected chi connectivity index (χ4v) is 5.64. The first-order valence-corrected chi connectivity index (χ1v) is 14.0. The SMILES string of the molecule is Cc1nn(-c2ccc(F)cc2)c2nc(CCC(C)C)nc(N3CCN(C(=O)[C@@H]4C[C@H]4c4ccccc4)CC3)c12. The Bertz CT molecular complexity index is 1470. The lowest BCUT2D eigenvalue weighted by atomic mass is 10.1. The Balaban J connectivity index is 1.25. The number of amides is 1. The number of anilines is 1. The average Bonchev–Trinajstić information content (AvgIpc) is 3.69. The Morgan fingerprint density at radius 3 is 2.41 bits per heavy atom. The number of piperazine rings is 1. The molecule has 0 spiro atoms. The maximum absolute atomic E-state index is 13.6. The molecule has 1 saturated carbocycles. The molecule has 1 aliphatic carbocycles. The van der Waals surface area contributed by atoms with Crippen molar-refractivity contribution in [2.24, 2.45) is 11.8 Å². The first-order valence-electron chi connectivity index (χ1n) is 14.0. The summed E-state index contributed by atoms with van der Waals surface area (Å²) in [7, 11) is 0. The number of rotatable bonds is 7. The molecule has 1 aliphatic heterocycles. The van der Waals surface area contributed by atoms with Gasteiger partial charge in [-0.05, 0) is 61.4 Å². The molecule has 3 heterocycles. The molecule has 6 rings (SSSR count). The van der Waals surface area contributed by atoms with Crippen molar-refractivity contribution >= 4 is 22.8 Å². The van der Waals surface area contributed by atoms with Crippen LogP contribution in [0.2, 0.25) is 0 Å². The standard InChI is InChI=1S/C31H35FN6O/c1-20(2)9-14-27-33-29(28-21(3)35-38(30(28)34-27)24-12-10-23(32)11-13-24)36-15-17-37(18-16-36)31(39)26-19-25(26)22-7-5-4-6-8-22/h4-8,10-13,20,25-26H,9,14-19H2,1-3H3/t25-,26+/m0/s1. The second-order valence-electron chi connectivity index (χ2n) is 11.2. The molecular weight excluding hydrogens is 491 g/mol. The molecule has 0 radical (unpaired) electrons. The average molecular weight is 527 g/mol. The van der Waals surface area contributed by atoms with Crippen molar-refractivity contribution < 1.29 is 9.18 Å². The normalized spacial score (nSPS) is 19.2. The maximum atomic E-state index is 13.6. The van der Waals surface area contributed by atoms with Gasteiger partial charge in [0.25, 0.3) is 0 Å². The summed E-state index contributed by atoms with van der Waals surface area (Å²) in [6, 6.07) is 16.7. The van der Waals surface area contributed by atoms with Gasteiger partial charge >= 0.3 is 0 Å². The second kappa shape index (κ2) is 10.4. The molecule has 2 atom stereocenters. The van der Waals surface area contributed by atoms with Crippen LogP contribution in [0.4, 0.5) is 10.2 Å². The minimum atomic E-state index is -0.284. The zero-order valence-corrected chi connectivity index (χ0v) is 22.8. The van der Waals surface area contributed by atoms with Gasteiger partial charge in [-0.3, -0.25) is 4.79 Å². The van der Waals surface area contributed by atoms with E-state index in [0.717, 1.165) is 53.3 Å². The first-order chi connectivity index (χ1) is 18.9. The maximum Gasteiger partial charge on any atom is 0.226 e. The molecule has 4 aromatic rings. The monoisotopic (exact) mass is 526 g/mol. The van der Waals surface area contributed by atoms with Crippen molar-refractivity contribution in [1.82, 2.24) is 24.6 Å². The predicted octanol–water partition coefficient (Wildman–Crippen LogP) is 5.30. The zero-order valence-electron chi connectivity index (χ0n) is 22.8. The van der Waals surface area contributed by atoms with E-state index in [0.29, 0.717) is 38.0 Å². The number of benzene rings is 2. The van der Waals surface area contributed by atoms with E-state index in [1.807, 2.05) is 30.0 Å². The Hall–Kier alpha value is -3.81. The van der Waals surface area contributed by atoms with Crippen LogP contribution < -0.4 is 4.90 Å². The molecule has 0 N–H and O–H groups in total. The number of aryl methyl sites for hydroxylation is 2. The van der Waals surface area contributed by atoms with Crippen LogP contribution in [0, 0.1) is 24.6 Å². The minimum Gasteiger partial charge on any atom is -0.352 e. The molecule has 1 saturated heterocycles. The fourth-order valence-electron chi connectivity index (χ4n) is 5.64. The van der Waals surface area contributed by atoms with Crippen LogP contribution in [0.3, 0.4) is 0 Å². The van der Waals surface area contributed by atoms with Gasteiger partial charge in [0.2, 0.25) is 5.91 Å². The molecule has 7 nitrogen and oxygen atoms in total. The summed E-state index contributed by atoms with van der Waals surface area (Å²) in [6.45, 7) is 9.15. The van der Waals surface area contributed by atoms with Crippen LogP contribution in [-0.4, -0.2) is 56.7 Å². The number of fused-ring (bicyclic) bond motifs is 1. The molecule has 8 heteroatoms. The fraction of sp³-hybridized carbons (Fsp3) is 0.419. The van der Waals surface area contributed by atoms with Gasteiger partial charge in [-0.25, -0.2) is 19.0 Å². The lowest BCUT2D eigenvalue weighted by Gasteiger charge is -2.36. The Labute approximate surface area is 228 Å². The van der Waals surface area contributed by atoms with Crippen LogP contribution in [0.5, 0.6) is 0 Å². The van der Waals surface area contributed by atoms with Crippen molar-refractivity contribution in [1.29, 1.82) is 0 Å². The van der Waals surface area contributed by atoms with Crippen LogP contribution in [0.15, 0.2) is 54.6 Å². The summed E-state index contributed by atoms with van der Waals surface area (Å²) >= 11 is 0. The number of hydrogen-bond donors (Lipinski definition) is 0. The van der Waals surface area contributed by atoms with E-state index in [1.165, 1.54) is 17.7 Å². The minimum absolute atomic E-state index is 0.100.